The zero-order valence-electron chi connectivity index (χ0n) is 9.08. The number of halogens is 2. The van der Waals surface area contributed by atoms with Gasteiger partial charge >= 0.3 is 0 Å². The molecule has 2 aromatic heterocycles. The number of pyridine rings is 1. The Balaban J connectivity index is 2.15. The van der Waals surface area contributed by atoms with E-state index in [4.69, 9.17) is 17.3 Å². The van der Waals surface area contributed by atoms with E-state index in [1.165, 1.54) is 0 Å². The minimum atomic E-state index is 0.128. The second-order valence-corrected chi connectivity index (χ2v) is 6.26. The average Bonchev–Trinajstić information content (AvgIpc) is 2.69. The minimum Gasteiger partial charge on any atom is -0.396 e. The maximum Gasteiger partial charge on any atom is 0.149 e. The molecule has 0 aromatic carbocycles. The maximum absolute atomic E-state index is 5.90. The molecule has 3 N–H and O–H groups in total. The van der Waals surface area contributed by atoms with Gasteiger partial charge in [0, 0.05) is 15.5 Å². The zero-order chi connectivity index (χ0) is 12.4. The van der Waals surface area contributed by atoms with Crippen LogP contribution in [0.15, 0.2) is 28.9 Å². The monoisotopic (exact) mass is 331 g/mol. The van der Waals surface area contributed by atoms with Crippen molar-refractivity contribution >= 4 is 50.4 Å². The quantitative estimate of drug-likeness (QED) is 0.880. The lowest BCUT2D eigenvalue weighted by molar-refractivity contribution is 0.897. The van der Waals surface area contributed by atoms with E-state index in [2.05, 4.69) is 26.2 Å². The summed E-state index contributed by atoms with van der Waals surface area (Å²) in [7, 11) is 0. The van der Waals surface area contributed by atoms with Gasteiger partial charge in [0.1, 0.15) is 5.82 Å². The van der Waals surface area contributed by atoms with Gasteiger partial charge in [0.25, 0.3) is 0 Å². The summed E-state index contributed by atoms with van der Waals surface area (Å²) in [6, 6.07) is 5.84. The fraction of sp³-hybridized carbons (Fsp3) is 0.182. The molecule has 1 atom stereocenters. The number of hydrogen-bond donors (Lipinski definition) is 2. The Kier molecular flexibility index (Phi) is 3.91. The predicted octanol–water partition coefficient (Wildman–Crippen LogP) is 4.31. The third-order valence-corrected chi connectivity index (χ3v) is 4.11. The van der Waals surface area contributed by atoms with Gasteiger partial charge in [-0.3, -0.25) is 0 Å². The molecule has 0 aliphatic carbocycles. The lowest BCUT2D eigenvalue weighted by atomic mass is 10.2. The molecule has 2 heterocycles. The van der Waals surface area contributed by atoms with Crippen molar-refractivity contribution in [2.24, 2.45) is 0 Å². The van der Waals surface area contributed by atoms with E-state index in [9.17, 15) is 0 Å². The van der Waals surface area contributed by atoms with Gasteiger partial charge in [-0.2, -0.15) is 0 Å². The number of nitrogen functional groups attached to an aromatic ring is 1. The SMILES string of the molecule is CC(Nc1ncc(Br)cc1N)c1ccc(Cl)s1. The Morgan fingerprint density at radius 2 is 2.29 bits per heavy atom. The number of nitrogens with one attached hydrogen (secondary N) is 1. The van der Waals surface area contributed by atoms with Gasteiger partial charge in [0.05, 0.1) is 16.1 Å². The first-order valence-electron chi connectivity index (χ1n) is 4.99. The fourth-order valence-corrected chi connectivity index (χ4v) is 2.83. The van der Waals surface area contributed by atoms with Crippen LogP contribution in [0.5, 0.6) is 0 Å². The highest BCUT2D eigenvalue weighted by molar-refractivity contribution is 9.10. The summed E-state index contributed by atoms with van der Waals surface area (Å²) in [5.74, 6) is 0.685. The summed E-state index contributed by atoms with van der Waals surface area (Å²) in [4.78, 5) is 5.39. The van der Waals surface area contributed by atoms with Gasteiger partial charge < -0.3 is 11.1 Å². The van der Waals surface area contributed by atoms with Crippen LogP contribution < -0.4 is 11.1 Å². The van der Waals surface area contributed by atoms with E-state index in [-0.39, 0.29) is 6.04 Å². The highest BCUT2D eigenvalue weighted by Crippen LogP contribution is 2.30. The molecule has 17 heavy (non-hydrogen) atoms. The maximum atomic E-state index is 5.90. The number of hydrogen-bond acceptors (Lipinski definition) is 4. The van der Waals surface area contributed by atoms with Gasteiger partial charge in [0.15, 0.2) is 0 Å². The Morgan fingerprint density at radius 1 is 1.53 bits per heavy atom. The average molecular weight is 333 g/mol. The molecule has 1 unspecified atom stereocenters. The molecule has 3 nitrogen and oxygen atoms in total. The van der Waals surface area contributed by atoms with Crippen molar-refractivity contribution in [2.45, 2.75) is 13.0 Å². The van der Waals surface area contributed by atoms with Crippen LogP contribution in [-0.4, -0.2) is 4.98 Å². The fourth-order valence-electron chi connectivity index (χ4n) is 1.41. The van der Waals surface area contributed by atoms with Gasteiger partial charge in [-0.25, -0.2) is 4.98 Å². The highest BCUT2D eigenvalue weighted by atomic mass is 79.9. The van der Waals surface area contributed by atoms with Crippen molar-refractivity contribution in [3.63, 3.8) is 0 Å². The molecular weight excluding hydrogens is 322 g/mol. The second kappa shape index (κ2) is 5.25. The lowest BCUT2D eigenvalue weighted by Gasteiger charge is -2.14. The number of nitrogens with zero attached hydrogens (tertiary/aromatic N) is 1. The third kappa shape index (κ3) is 3.12. The van der Waals surface area contributed by atoms with Crippen molar-refractivity contribution in [2.75, 3.05) is 11.1 Å². The van der Waals surface area contributed by atoms with Crippen molar-refractivity contribution in [1.82, 2.24) is 4.98 Å². The van der Waals surface area contributed by atoms with Crippen LogP contribution in [0.4, 0.5) is 11.5 Å². The smallest absolute Gasteiger partial charge is 0.149 e. The molecule has 2 rings (SSSR count). The van der Waals surface area contributed by atoms with E-state index >= 15 is 0 Å². The summed E-state index contributed by atoms with van der Waals surface area (Å²) in [6.07, 6.45) is 1.72. The normalized spacial score (nSPS) is 12.4. The molecule has 90 valence electrons. The van der Waals surface area contributed by atoms with Crippen LogP contribution in [0.2, 0.25) is 4.34 Å². The van der Waals surface area contributed by atoms with Crippen LogP contribution in [-0.2, 0) is 0 Å². The Morgan fingerprint density at radius 3 is 2.88 bits per heavy atom. The first-order valence-corrected chi connectivity index (χ1v) is 6.98. The molecule has 0 amide bonds. The second-order valence-electron chi connectivity index (χ2n) is 3.60. The van der Waals surface area contributed by atoms with E-state index in [1.54, 1.807) is 17.5 Å². The van der Waals surface area contributed by atoms with Crippen molar-refractivity contribution < 1.29 is 0 Å². The number of aromatic nitrogens is 1. The van der Waals surface area contributed by atoms with Crippen molar-refractivity contribution in [3.05, 3.63) is 38.1 Å². The first kappa shape index (κ1) is 12.7. The molecule has 6 heteroatoms. The van der Waals surface area contributed by atoms with Gasteiger partial charge in [-0.1, -0.05) is 11.6 Å². The highest BCUT2D eigenvalue weighted by Gasteiger charge is 2.10. The molecule has 2 aromatic rings. The lowest BCUT2D eigenvalue weighted by Crippen LogP contribution is -2.08. The third-order valence-electron chi connectivity index (χ3n) is 2.26. The predicted molar refractivity (Wildman–Crippen MR) is 77.7 cm³/mol. The zero-order valence-corrected chi connectivity index (χ0v) is 12.2. The van der Waals surface area contributed by atoms with Crippen LogP contribution in [0, 0.1) is 0 Å². The molecule has 0 bridgehead atoms. The molecule has 0 aliphatic rings. The van der Waals surface area contributed by atoms with Crippen molar-refractivity contribution in [3.8, 4) is 0 Å². The van der Waals surface area contributed by atoms with Gasteiger partial charge in [0.2, 0.25) is 0 Å². The van der Waals surface area contributed by atoms with E-state index < -0.39 is 0 Å². The summed E-state index contributed by atoms with van der Waals surface area (Å²) in [5, 5.41) is 3.26. The van der Waals surface area contributed by atoms with Crippen molar-refractivity contribution in [1.29, 1.82) is 0 Å². The summed E-state index contributed by atoms with van der Waals surface area (Å²) < 4.78 is 1.65. The summed E-state index contributed by atoms with van der Waals surface area (Å²) in [6.45, 7) is 2.05. The number of anilines is 2. The van der Waals surface area contributed by atoms with Crippen LogP contribution >= 0.6 is 38.9 Å². The Bertz CT molecular complexity index is 529. The minimum absolute atomic E-state index is 0.128. The number of rotatable bonds is 3. The van der Waals surface area contributed by atoms with Crippen LogP contribution in [0.25, 0.3) is 0 Å². The van der Waals surface area contributed by atoms with Gasteiger partial charge in [-0.15, -0.1) is 11.3 Å². The van der Waals surface area contributed by atoms with E-state index in [0.29, 0.717) is 11.5 Å². The number of nitrogens with two attached hydrogens (primary N) is 1. The van der Waals surface area contributed by atoms with Gasteiger partial charge in [-0.05, 0) is 41.1 Å². The molecular formula is C11H11BrClN3S. The Hall–Kier alpha value is -0.780. The summed E-state index contributed by atoms with van der Waals surface area (Å²) in [5.41, 5.74) is 6.49. The van der Waals surface area contributed by atoms with E-state index in [1.807, 2.05) is 25.1 Å². The van der Waals surface area contributed by atoms with E-state index in [0.717, 1.165) is 13.7 Å². The first-order chi connectivity index (χ1) is 8.06. The topological polar surface area (TPSA) is 50.9 Å². The van der Waals surface area contributed by atoms with Crippen LogP contribution in [0.3, 0.4) is 0 Å². The standard InChI is InChI=1S/C11H11BrClN3S/c1-6(9-2-3-10(13)17-9)16-11-8(14)4-7(12)5-15-11/h2-6H,14H2,1H3,(H,15,16). The molecule has 0 saturated carbocycles. The molecule has 0 aliphatic heterocycles. The molecule has 0 spiro atoms. The Labute approximate surface area is 117 Å². The summed E-state index contributed by atoms with van der Waals surface area (Å²) >= 11 is 10.8. The molecule has 0 fully saturated rings. The molecule has 0 saturated heterocycles. The number of thiophene rings is 1. The largest absolute Gasteiger partial charge is 0.396 e. The van der Waals surface area contributed by atoms with Crippen LogP contribution in [0.1, 0.15) is 17.8 Å². The molecule has 0 radical (unpaired) electrons.